The van der Waals surface area contributed by atoms with Gasteiger partial charge < -0.3 is 5.11 Å². The molecule has 0 saturated carbocycles. The first-order valence-corrected chi connectivity index (χ1v) is 8.38. The minimum atomic E-state index is -1.21. The Kier molecular flexibility index (Phi) is 6.05. The second kappa shape index (κ2) is 8.08. The quantitative estimate of drug-likeness (QED) is 0.464. The van der Waals surface area contributed by atoms with Gasteiger partial charge in [-0.25, -0.2) is 0 Å². The van der Waals surface area contributed by atoms with Crippen LogP contribution in [0.5, 0.6) is 5.75 Å². The van der Waals surface area contributed by atoms with Crippen LogP contribution in [0.2, 0.25) is 0 Å². The summed E-state index contributed by atoms with van der Waals surface area (Å²) in [6.45, 7) is 6.53. The lowest BCUT2D eigenvalue weighted by molar-refractivity contribution is -0.404. The summed E-state index contributed by atoms with van der Waals surface area (Å²) in [5.41, 5.74) is -2.43. The second-order valence-electron chi connectivity index (χ2n) is 6.52. The van der Waals surface area contributed by atoms with E-state index in [9.17, 15) is 30.3 Å². The van der Waals surface area contributed by atoms with Crippen molar-refractivity contribution in [1.82, 2.24) is 4.90 Å². The molecule has 11 heteroatoms. The van der Waals surface area contributed by atoms with Crippen molar-refractivity contribution in [2.45, 2.75) is 37.6 Å². The molecule has 1 aromatic rings. The predicted molar refractivity (Wildman–Crippen MR) is 95.7 cm³/mol. The maximum atomic E-state index is 10.4. The van der Waals surface area contributed by atoms with Crippen LogP contribution >= 0.6 is 0 Å². The molecular weight excluding hydrogens is 360 g/mol. The highest BCUT2D eigenvalue weighted by molar-refractivity contribution is 5.64. The lowest BCUT2D eigenvalue weighted by Gasteiger charge is -2.30. The number of fused-ring (bicyclic) bond motifs is 1. The predicted octanol–water partition coefficient (Wildman–Crippen LogP) is 3.31. The third-order valence-electron chi connectivity index (χ3n) is 4.99. The van der Waals surface area contributed by atoms with Gasteiger partial charge >= 0.3 is 11.4 Å². The van der Waals surface area contributed by atoms with Crippen molar-refractivity contribution in [3.8, 4) is 5.75 Å². The Morgan fingerprint density at radius 2 is 1.52 bits per heavy atom. The van der Waals surface area contributed by atoms with Crippen LogP contribution in [0.4, 0.5) is 17.1 Å². The highest BCUT2D eigenvalue weighted by Gasteiger charge is 2.42. The van der Waals surface area contributed by atoms with Crippen LogP contribution in [0.1, 0.15) is 32.1 Å². The van der Waals surface area contributed by atoms with E-state index in [4.69, 9.17) is 5.11 Å². The fourth-order valence-corrected chi connectivity index (χ4v) is 3.80. The van der Waals surface area contributed by atoms with Crippen LogP contribution in [0.3, 0.4) is 0 Å². The van der Waals surface area contributed by atoms with Gasteiger partial charge in [0.15, 0.2) is 0 Å². The zero-order chi connectivity index (χ0) is 20.2. The maximum absolute atomic E-state index is 10.4. The molecule has 0 amide bonds. The minimum absolute atomic E-state index is 0.447. The highest BCUT2D eigenvalue weighted by Crippen LogP contribution is 2.41. The van der Waals surface area contributed by atoms with Gasteiger partial charge in [-0.15, -0.1) is 6.58 Å². The van der Waals surface area contributed by atoms with Gasteiger partial charge in [0.2, 0.25) is 0 Å². The third kappa shape index (κ3) is 4.19. The normalized spacial score (nSPS) is 17.5. The molecule has 11 nitrogen and oxygen atoms in total. The van der Waals surface area contributed by atoms with E-state index in [2.05, 4.69) is 17.6 Å². The molecule has 0 bridgehead atoms. The third-order valence-corrected chi connectivity index (χ3v) is 4.99. The molecule has 1 aromatic carbocycles. The summed E-state index contributed by atoms with van der Waals surface area (Å²) in [6.07, 6.45) is 8.97. The van der Waals surface area contributed by atoms with E-state index in [1.807, 2.05) is 0 Å². The van der Waals surface area contributed by atoms with Gasteiger partial charge in [0.25, 0.3) is 11.4 Å². The average molecular weight is 380 g/mol. The molecule has 2 aliphatic heterocycles. The fraction of sp³-hybridized carbons (Fsp3) is 0.500. The van der Waals surface area contributed by atoms with E-state index in [1.165, 1.54) is 45.2 Å². The molecule has 27 heavy (non-hydrogen) atoms. The van der Waals surface area contributed by atoms with E-state index < -0.39 is 37.6 Å². The maximum Gasteiger partial charge on any atom is 0.324 e. The molecule has 2 aliphatic rings. The molecule has 0 spiro atoms. The van der Waals surface area contributed by atoms with E-state index in [0.29, 0.717) is 17.7 Å². The minimum Gasteiger partial charge on any atom is -0.497 e. The van der Waals surface area contributed by atoms with Gasteiger partial charge in [-0.3, -0.25) is 35.2 Å². The number of nitrogens with zero attached hydrogens (tertiary/aromatic N) is 4. The second-order valence-corrected chi connectivity index (χ2v) is 6.52. The van der Waals surface area contributed by atoms with Crippen LogP contribution in [0.15, 0.2) is 24.8 Å². The molecule has 2 heterocycles. The Balaban J connectivity index is 0.000000206. The first-order valence-electron chi connectivity index (χ1n) is 8.38. The summed E-state index contributed by atoms with van der Waals surface area (Å²) in [6, 6.07) is 0.894. The zero-order valence-electron chi connectivity index (χ0n) is 14.6. The van der Waals surface area contributed by atoms with Crippen molar-refractivity contribution >= 4 is 17.1 Å². The van der Waals surface area contributed by atoms with E-state index in [0.717, 1.165) is 0 Å². The molecule has 0 atom stereocenters. The molecule has 0 unspecified atom stereocenters. The summed E-state index contributed by atoms with van der Waals surface area (Å²) >= 11 is 0. The summed E-state index contributed by atoms with van der Waals surface area (Å²) in [4.78, 5) is 30.4. The topological polar surface area (TPSA) is 153 Å². The van der Waals surface area contributed by atoms with Gasteiger partial charge in [0.05, 0.1) is 26.9 Å². The Bertz CT molecular complexity index is 735. The first kappa shape index (κ1) is 20.2. The molecule has 146 valence electrons. The molecule has 0 radical (unpaired) electrons. The van der Waals surface area contributed by atoms with E-state index in [1.54, 1.807) is 0 Å². The number of rotatable bonds is 5. The van der Waals surface area contributed by atoms with Gasteiger partial charge in [-0.1, -0.05) is 6.08 Å². The van der Waals surface area contributed by atoms with Crippen molar-refractivity contribution in [2.24, 2.45) is 0 Å². The van der Waals surface area contributed by atoms with Gasteiger partial charge in [-0.2, -0.15) is 0 Å². The van der Waals surface area contributed by atoms with Crippen molar-refractivity contribution < 1.29 is 19.9 Å². The number of nitro benzene ring substituents is 3. The van der Waals surface area contributed by atoms with Crippen molar-refractivity contribution in [3.63, 3.8) is 0 Å². The Morgan fingerprint density at radius 3 is 1.89 bits per heavy atom. The molecule has 3 rings (SSSR count). The largest absolute Gasteiger partial charge is 0.497 e. The number of benzene rings is 1. The van der Waals surface area contributed by atoms with Crippen LogP contribution in [-0.2, 0) is 0 Å². The summed E-state index contributed by atoms with van der Waals surface area (Å²) in [5, 5.41) is 40.2. The van der Waals surface area contributed by atoms with Gasteiger partial charge in [0.1, 0.15) is 0 Å². The van der Waals surface area contributed by atoms with Crippen molar-refractivity contribution in [1.29, 1.82) is 0 Å². The Labute approximate surface area is 154 Å². The lowest BCUT2D eigenvalue weighted by Crippen LogP contribution is -2.37. The summed E-state index contributed by atoms with van der Waals surface area (Å²) < 4.78 is 0. The van der Waals surface area contributed by atoms with E-state index >= 15 is 0 Å². The van der Waals surface area contributed by atoms with Gasteiger partial charge in [0, 0.05) is 5.54 Å². The summed E-state index contributed by atoms with van der Waals surface area (Å²) in [5.74, 6) is -1.21. The highest BCUT2D eigenvalue weighted by atomic mass is 16.6. The Morgan fingerprint density at radius 1 is 1.04 bits per heavy atom. The number of hydrogen-bond donors (Lipinski definition) is 1. The van der Waals surface area contributed by atoms with Crippen LogP contribution < -0.4 is 0 Å². The number of phenolic OH excluding ortho intramolecular Hbond substituents is 1. The Hall–Kier alpha value is -3.08. The standard InChI is InChI=1S/C10H17N.C6H3N3O7/c1-2-5-10-6-3-8-11(10)9-4-7-10;10-6-4(8(13)14)1-3(7(11)12)2-5(6)9(15)16/h2H,1,3-9H2;1-2,10H. The molecule has 1 N–H and O–H groups in total. The molecule has 0 aliphatic carbocycles. The average Bonchev–Trinajstić information content (AvgIpc) is 3.14. The molecular formula is C16H20N4O7. The number of nitro groups is 3. The molecule has 2 saturated heterocycles. The SMILES string of the molecule is C=CCC12CCCN1CCC2.O=[N+]([O-])c1cc([N+](=O)[O-])c(O)c([N+](=O)[O-])c1. The smallest absolute Gasteiger partial charge is 0.324 e. The van der Waals surface area contributed by atoms with Gasteiger partial charge in [-0.05, 0) is 45.2 Å². The first-order chi connectivity index (χ1) is 12.7. The van der Waals surface area contributed by atoms with E-state index in [-0.39, 0.29) is 0 Å². The number of aromatic hydroxyl groups is 1. The van der Waals surface area contributed by atoms with Crippen LogP contribution in [0.25, 0.3) is 0 Å². The number of phenols is 1. The number of hydrogen-bond acceptors (Lipinski definition) is 8. The summed E-state index contributed by atoms with van der Waals surface area (Å²) in [7, 11) is 0. The van der Waals surface area contributed by atoms with Crippen LogP contribution in [-0.4, -0.2) is 43.4 Å². The van der Waals surface area contributed by atoms with Crippen molar-refractivity contribution in [2.75, 3.05) is 13.1 Å². The lowest BCUT2D eigenvalue weighted by atomic mass is 9.90. The zero-order valence-corrected chi connectivity index (χ0v) is 14.6. The monoisotopic (exact) mass is 380 g/mol. The number of non-ortho nitro benzene ring substituents is 1. The van der Waals surface area contributed by atoms with Crippen molar-refractivity contribution in [3.05, 3.63) is 55.1 Å². The molecule has 0 aromatic heterocycles. The fourth-order valence-electron chi connectivity index (χ4n) is 3.80. The van der Waals surface area contributed by atoms with Crippen LogP contribution in [0, 0.1) is 30.3 Å². The molecule has 2 fully saturated rings.